The molecule has 1 aliphatic carbocycles. The number of imidazole rings is 1. The number of aromatic nitrogens is 2. The van der Waals surface area contributed by atoms with Crippen LogP contribution in [0.25, 0.3) is 11.1 Å². The Morgan fingerprint density at radius 2 is 1.78 bits per heavy atom. The zero-order valence-electron chi connectivity index (χ0n) is 17.9. The van der Waals surface area contributed by atoms with Gasteiger partial charge in [0.2, 0.25) is 0 Å². The molecule has 2 aromatic carbocycles. The summed E-state index contributed by atoms with van der Waals surface area (Å²) >= 11 is 0. The van der Waals surface area contributed by atoms with E-state index in [1.165, 1.54) is 5.56 Å². The normalized spacial score (nSPS) is 21.5. The van der Waals surface area contributed by atoms with Gasteiger partial charge < -0.3 is 20.5 Å². The second kappa shape index (κ2) is 8.98. The molecule has 4 rings (SSSR count). The molecule has 1 aliphatic rings. The van der Waals surface area contributed by atoms with E-state index in [2.05, 4.69) is 47.2 Å². The van der Waals surface area contributed by atoms with Gasteiger partial charge in [-0.2, -0.15) is 5.26 Å². The molecule has 162 valence electrons. The van der Waals surface area contributed by atoms with E-state index in [1.807, 2.05) is 24.3 Å². The largest absolute Gasteiger partial charge is 0.393 e. The molecule has 6 nitrogen and oxygen atoms in total. The number of hydrogen-bond donors (Lipinski definition) is 3. The highest BCUT2D eigenvalue weighted by atomic mass is 16.3. The van der Waals surface area contributed by atoms with E-state index in [4.69, 9.17) is 11.0 Å². The summed E-state index contributed by atoms with van der Waals surface area (Å²) in [5, 5.41) is 28.7. The van der Waals surface area contributed by atoms with Crippen molar-refractivity contribution in [3.8, 4) is 29.0 Å². The molecule has 0 unspecified atom stereocenters. The summed E-state index contributed by atoms with van der Waals surface area (Å²) in [5.74, 6) is 7.00. The average Bonchev–Trinajstić information content (AvgIpc) is 3.28. The monoisotopic (exact) mass is 426 g/mol. The smallest absolute Gasteiger partial charge is 0.138 e. The average molecular weight is 427 g/mol. The third kappa shape index (κ3) is 4.44. The lowest BCUT2D eigenvalue weighted by atomic mass is 9.67. The van der Waals surface area contributed by atoms with Crippen LogP contribution in [0.3, 0.4) is 0 Å². The predicted molar refractivity (Wildman–Crippen MR) is 122 cm³/mol. The van der Waals surface area contributed by atoms with Crippen LogP contribution < -0.4 is 5.73 Å². The van der Waals surface area contributed by atoms with Crippen LogP contribution >= 0.6 is 0 Å². The number of nitriles is 1. The lowest BCUT2D eigenvalue weighted by Crippen LogP contribution is -2.49. The van der Waals surface area contributed by atoms with Gasteiger partial charge in [-0.3, -0.25) is 0 Å². The molecule has 1 aromatic heterocycles. The Bertz CT molecular complexity index is 1170. The second-order valence-electron chi connectivity index (χ2n) is 8.41. The van der Waals surface area contributed by atoms with E-state index in [0.29, 0.717) is 24.6 Å². The van der Waals surface area contributed by atoms with Gasteiger partial charge in [0.25, 0.3) is 0 Å². The summed E-state index contributed by atoms with van der Waals surface area (Å²) in [6.07, 6.45) is 3.99. The van der Waals surface area contributed by atoms with Crippen molar-refractivity contribution in [1.29, 1.82) is 5.26 Å². The van der Waals surface area contributed by atoms with Gasteiger partial charge in [0, 0.05) is 18.0 Å². The van der Waals surface area contributed by atoms with Crippen LogP contribution in [0.2, 0.25) is 0 Å². The first-order valence-corrected chi connectivity index (χ1v) is 10.7. The quantitative estimate of drug-likeness (QED) is 0.543. The lowest BCUT2D eigenvalue weighted by molar-refractivity contribution is 0.176. The number of aliphatic hydroxyl groups is 2. The molecule has 0 aliphatic heterocycles. The third-order valence-corrected chi connectivity index (χ3v) is 6.01. The van der Waals surface area contributed by atoms with Gasteiger partial charge in [0.05, 0.1) is 12.7 Å². The number of benzene rings is 2. The fourth-order valence-electron chi connectivity index (χ4n) is 4.12. The van der Waals surface area contributed by atoms with Crippen LogP contribution in [-0.4, -0.2) is 31.9 Å². The zero-order chi connectivity index (χ0) is 22.7. The van der Waals surface area contributed by atoms with E-state index < -0.39 is 17.7 Å². The molecule has 1 saturated carbocycles. The molecule has 2 atom stereocenters. The van der Waals surface area contributed by atoms with Gasteiger partial charge in [-0.05, 0) is 54.5 Å². The summed E-state index contributed by atoms with van der Waals surface area (Å²) in [6, 6.07) is 18.1. The van der Waals surface area contributed by atoms with Crippen LogP contribution in [0.4, 0.5) is 0 Å². The fourth-order valence-corrected chi connectivity index (χ4v) is 4.12. The van der Waals surface area contributed by atoms with Crippen LogP contribution in [0.5, 0.6) is 0 Å². The Morgan fingerprint density at radius 3 is 2.34 bits per heavy atom. The fraction of sp³-hybridized carbons (Fsp3) is 0.308. The van der Waals surface area contributed by atoms with E-state index >= 15 is 0 Å². The summed E-state index contributed by atoms with van der Waals surface area (Å²) in [5.41, 5.74) is 9.56. The highest BCUT2D eigenvalue weighted by Crippen LogP contribution is 2.43. The van der Waals surface area contributed by atoms with Crippen LogP contribution in [0.1, 0.15) is 54.8 Å². The van der Waals surface area contributed by atoms with E-state index in [0.717, 1.165) is 16.7 Å². The number of nitrogens with two attached hydrogens (primary N) is 1. The molecular formula is C26H26N4O2. The van der Waals surface area contributed by atoms with Crippen LogP contribution in [0, 0.1) is 23.2 Å². The Kier molecular flexibility index (Phi) is 6.12. The van der Waals surface area contributed by atoms with Gasteiger partial charge in [-0.15, -0.1) is 0 Å². The first-order valence-electron chi connectivity index (χ1n) is 10.7. The molecule has 0 amide bonds. The predicted octanol–water partition coefficient (Wildman–Crippen LogP) is 3.29. The molecular weight excluding hydrogens is 400 g/mol. The highest BCUT2D eigenvalue weighted by Gasteiger charge is 2.41. The molecule has 32 heavy (non-hydrogen) atoms. The lowest BCUT2D eigenvalue weighted by Gasteiger charge is -2.39. The Morgan fingerprint density at radius 1 is 1.16 bits per heavy atom. The van der Waals surface area contributed by atoms with Crippen molar-refractivity contribution in [1.82, 2.24) is 9.55 Å². The number of hydrogen-bond acceptors (Lipinski definition) is 5. The summed E-state index contributed by atoms with van der Waals surface area (Å²) in [6.45, 7) is 1.46. The standard InChI is InChI=1S/C26H26N4O2/c1-18(32)25-29-12-13-30(25)24(16-31)11-4-19-2-5-20(6-3-19)21-7-9-22(10-8-21)23-14-26(28,15-23)17-27/h2-3,5-10,12-13,18,23-24,31-32H,14-16,28H2,1H3/t18-,23?,24-,26?/m0/s1. The van der Waals surface area contributed by atoms with Crippen molar-refractivity contribution >= 4 is 0 Å². The van der Waals surface area contributed by atoms with Crippen molar-refractivity contribution < 1.29 is 10.2 Å². The molecule has 6 heteroatoms. The summed E-state index contributed by atoms with van der Waals surface area (Å²) in [4.78, 5) is 4.14. The minimum atomic E-state index is -0.736. The van der Waals surface area contributed by atoms with Gasteiger partial charge in [0.1, 0.15) is 23.5 Å². The van der Waals surface area contributed by atoms with Crippen molar-refractivity contribution in [3.63, 3.8) is 0 Å². The van der Waals surface area contributed by atoms with E-state index in [-0.39, 0.29) is 6.61 Å². The van der Waals surface area contributed by atoms with Crippen molar-refractivity contribution in [2.75, 3.05) is 6.61 Å². The SMILES string of the molecule is C[C@H](O)c1nccn1[C@@H](C#Cc1ccc(-c2ccc(C3CC(N)(C#N)C3)cc2)cc1)CO. The minimum absolute atomic E-state index is 0.172. The number of rotatable bonds is 5. The molecule has 4 N–H and O–H groups in total. The molecule has 3 aromatic rings. The Hall–Kier alpha value is -3.42. The maximum atomic E-state index is 9.83. The van der Waals surface area contributed by atoms with Crippen LogP contribution in [0.15, 0.2) is 60.9 Å². The third-order valence-electron chi connectivity index (χ3n) is 6.01. The van der Waals surface area contributed by atoms with Gasteiger partial charge >= 0.3 is 0 Å². The maximum Gasteiger partial charge on any atom is 0.138 e. The van der Waals surface area contributed by atoms with Gasteiger partial charge in [-0.25, -0.2) is 4.98 Å². The van der Waals surface area contributed by atoms with Gasteiger partial charge in [0.15, 0.2) is 0 Å². The minimum Gasteiger partial charge on any atom is -0.393 e. The molecule has 1 fully saturated rings. The van der Waals surface area contributed by atoms with E-state index in [9.17, 15) is 10.2 Å². The summed E-state index contributed by atoms with van der Waals surface area (Å²) < 4.78 is 1.70. The number of nitrogens with zero attached hydrogens (tertiary/aromatic N) is 3. The zero-order valence-corrected chi connectivity index (χ0v) is 17.9. The van der Waals surface area contributed by atoms with Gasteiger partial charge in [-0.1, -0.05) is 48.2 Å². The van der Waals surface area contributed by atoms with Crippen molar-refractivity contribution in [2.45, 2.75) is 43.4 Å². The molecule has 0 bridgehead atoms. The molecule has 0 spiro atoms. The Labute approximate surface area is 188 Å². The van der Waals surface area contributed by atoms with E-state index in [1.54, 1.807) is 23.9 Å². The second-order valence-corrected chi connectivity index (χ2v) is 8.41. The molecule has 1 heterocycles. The molecule has 0 radical (unpaired) electrons. The number of aliphatic hydroxyl groups excluding tert-OH is 2. The van der Waals surface area contributed by atoms with Crippen molar-refractivity contribution in [2.24, 2.45) is 5.73 Å². The van der Waals surface area contributed by atoms with Crippen molar-refractivity contribution in [3.05, 3.63) is 77.9 Å². The highest BCUT2D eigenvalue weighted by molar-refractivity contribution is 5.65. The topological polar surface area (TPSA) is 108 Å². The molecule has 0 saturated heterocycles. The summed E-state index contributed by atoms with van der Waals surface area (Å²) in [7, 11) is 0. The Balaban J connectivity index is 1.45. The maximum absolute atomic E-state index is 9.83. The van der Waals surface area contributed by atoms with Crippen LogP contribution in [-0.2, 0) is 0 Å². The first-order chi connectivity index (χ1) is 15.4. The first kappa shape index (κ1) is 21.8.